The number of allylic oxidation sites excluding steroid dienone is 3. The highest BCUT2D eigenvalue weighted by molar-refractivity contribution is 5.89. The fraction of sp³-hybridized carbons (Fsp3) is 0.571. The second kappa shape index (κ2) is 7.46. The molecule has 0 saturated heterocycles. The zero-order chi connectivity index (χ0) is 21.8. The quantitative estimate of drug-likeness (QED) is 0.541. The summed E-state index contributed by atoms with van der Waals surface area (Å²) in [4.78, 5) is 24.9. The number of ketones is 1. The average Bonchev–Trinajstić information content (AvgIpc) is 3.12. The van der Waals surface area contributed by atoms with Gasteiger partial charge in [-0.25, -0.2) is 4.79 Å². The highest BCUT2D eigenvalue weighted by atomic mass is 16.5. The Morgan fingerprint density at radius 1 is 0.935 bits per heavy atom. The normalized spacial score (nSPS) is 38.8. The van der Waals surface area contributed by atoms with Crippen molar-refractivity contribution in [3.63, 3.8) is 0 Å². The molecule has 0 bridgehead atoms. The van der Waals surface area contributed by atoms with Gasteiger partial charge < -0.3 is 4.74 Å². The van der Waals surface area contributed by atoms with Crippen molar-refractivity contribution >= 4 is 11.8 Å². The topological polar surface area (TPSA) is 43.4 Å². The standard InChI is InChI=1S/C28H34O3/c1-18(29)23-11-12-24-22-10-9-20-17-21(31-26(30)19-7-5-4-6-8-19)13-15-27(20,2)25(22)14-16-28(23,24)3/h4-10,21,23-25H,11-17H2,1-3H3. The van der Waals surface area contributed by atoms with Crippen LogP contribution in [-0.2, 0) is 9.53 Å². The van der Waals surface area contributed by atoms with Gasteiger partial charge in [0.25, 0.3) is 0 Å². The van der Waals surface area contributed by atoms with Gasteiger partial charge in [0.05, 0.1) is 5.56 Å². The molecule has 4 aliphatic rings. The third kappa shape index (κ3) is 3.23. The minimum absolute atomic E-state index is 0.0376. The van der Waals surface area contributed by atoms with Crippen molar-refractivity contribution in [2.75, 3.05) is 0 Å². The van der Waals surface area contributed by atoms with Gasteiger partial charge in [0.15, 0.2) is 0 Å². The third-order valence-corrected chi connectivity index (χ3v) is 9.30. The van der Waals surface area contributed by atoms with Crippen molar-refractivity contribution in [3.8, 4) is 0 Å². The summed E-state index contributed by atoms with van der Waals surface area (Å²) in [6.45, 7) is 6.60. The number of hydrogen-bond donors (Lipinski definition) is 0. The highest BCUT2D eigenvalue weighted by Gasteiger charge is 2.57. The van der Waals surface area contributed by atoms with E-state index in [1.807, 2.05) is 30.3 Å². The Kier molecular flexibility index (Phi) is 4.99. The Hall–Kier alpha value is -2.16. The van der Waals surface area contributed by atoms with E-state index in [1.54, 1.807) is 12.5 Å². The zero-order valence-electron chi connectivity index (χ0n) is 19.0. The van der Waals surface area contributed by atoms with Gasteiger partial charge >= 0.3 is 5.97 Å². The molecular weight excluding hydrogens is 384 g/mol. The summed E-state index contributed by atoms with van der Waals surface area (Å²) in [5, 5.41) is 0. The van der Waals surface area contributed by atoms with Crippen LogP contribution in [0.25, 0.3) is 0 Å². The second-order valence-corrected chi connectivity index (χ2v) is 10.8. The van der Waals surface area contributed by atoms with E-state index in [4.69, 9.17) is 4.74 Å². The van der Waals surface area contributed by atoms with Gasteiger partial charge in [-0.3, -0.25) is 4.79 Å². The molecule has 3 nitrogen and oxygen atoms in total. The molecule has 4 aliphatic carbocycles. The molecule has 6 atom stereocenters. The number of ether oxygens (including phenoxy) is 1. The van der Waals surface area contributed by atoms with Crippen LogP contribution < -0.4 is 0 Å². The lowest BCUT2D eigenvalue weighted by Gasteiger charge is -2.54. The van der Waals surface area contributed by atoms with Gasteiger partial charge in [0, 0.05) is 12.3 Å². The molecule has 0 heterocycles. The summed E-state index contributed by atoms with van der Waals surface area (Å²) in [7, 11) is 0. The number of hydrogen-bond acceptors (Lipinski definition) is 3. The van der Waals surface area contributed by atoms with E-state index in [-0.39, 0.29) is 28.8 Å². The van der Waals surface area contributed by atoms with Crippen LogP contribution in [0.4, 0.5) is 0 Å². The number of rotatable bonds is 3. The van der Waals surface area contributed by atoms with Crippen LogP contribution in [0.5, 0.6) is 0 Å². The summed E-state index contributed by atoms with van der Waals surface area (Å²) in [5.41, 5.74) is 3.98. The smallest absolute Gasteiger partial charge is 0.338 e. The van der Waals surface area contributed by atoms with Gasteiger partial charge in [0.1, 0.15) is 11.9 Å². The maximum atomic E-state index is 12.5. The lowest BCUT2D eigenvalue weighted by Crippen LogP contribution is -2.47. The minimum atomic E-state index is -0.212. The largest absolute Gasteiger partial charge is 0.458 e. The maximum Gasteiger partial charge on any atom is 0.338 e. The first-order chi connectivity index (χ1) is 14.8. The SMILES string of the molecule is CC(=O)C1CCC2C3=CC=C4CC(OC(=O)c5ccccc5)CCC4(C)C3CCC12C. The van der Waals surface area contributed by atoms with Gasteiger partial charge in [-0.15, -0.1) is 0 Å². The van der Waals surface area contributed by atoms with Gasteiger partial charge in [-0.2, -0.15) is 0 Å². The molecule has 5 rings (SSSR count). The van der Waals surface area contributed by atoms with Crippen LogP contribution in [0, 0.1) is 28.6 Å². The van der Waals surface area contributed by atoms with E-state index >= 15 is 0 Å². The van der Waals surface area contributed by atoms with E-state index in [0.29, 0.717) is 23.2 Å². The number of Topliss-reactive ketones (excluding diaryl/α,β-unsaturated/α-hetero) is 1. The van der Waals surface area contributed by atoms with Gasteiger partial charge in [-0.05, 0) is 80.2 Å². The number of benzene rings is 1. The molecule has 0 radical (unpaired) electrons. The molecular formula is C28H34O3. The highest BCUT2D eigenvalue weighted by Crippen LogP contribution is 2.65. The van der Waals surface area contributed by atoms with Gasteiger partial charge in [-0.1, -0.05) is 55.3 Å². The molecule has 0 amide bonds. The third-order valence-electron chi connectivity index (χ3n) is 9.30. The molecule has 0 N–H and O–H groups in total. The van der Waals surface area contributed by atoms with E-state index in [1.165, 1.54) is 12.0 Å². The summed E-state index contributed by atoms with van der Waals surface area (Å²) >= 11 is 0. The predicted octanol–water partition coefficient (Wildman–Crippen LogP) is 6.30. The zero-order valence-corrected chi connectivity index (χ0v) is 19.0. The van der Waals surface area contributed by atoms with Crippen molar-refractivity contribution < 1.29 is 14.3 Å². The van der Waals surface area contributed by atoms with Crippen LogP contribution in [0.2, 0.25) is 0 Å². The number of fused-ring (bicyclic) bond motifs is 5. The molecule has 6 unspecified atom stereocenters. The molecule has 3 fully saturated rings. The first-order valence-corrected chi connectivity index (χ1v) is 12.0. The fourth-order valence-electron chi connectivity index (χ4n) is 7.53. The number of carbonyl (C=O) groups excluding carboxylic acids is 2. The Labute approximate surface area is 185 Å². The average molecular weight is 419 g/mol. The maximum absolute atomic E-state index is 12.5. The van der Waals surface area contributed by atoms with Gasteiger partial charge in [0.2, 0.25) is 0 Å². The minimum Gasteiger partial charge on any atom is -0.458 e. The molecule has 0 aliphatic heterocycles. The van der Waals surface area contributed by atoms with Crippen molar-refractivity contribution in [3.05, 3.63) is 59.2 Å². The Morgan fingerprint density at radius 3 is 2.45 bits per heavy atom. The monoisotopic (exact) mass is 418 g/mol. The lowest BCUT2D eigenvalue weighted by molar-refractivity contribution is -0.124. The number of carbonyl (C=O) groups is 2. The van der Waals surface area contributed by atoms with Crippen LogP contribution in [0.1, 0.15) is 76.1 Å². The summed E-state index contributed by atoms with van der Waals surface area (Å²) in [6.07, 6.45) is 12.0. The molecule has 1 aromatic rings. The predicted molar refractivity (Wildman–Crippen MR) is 121 cm³/mol. The summed E-state index contributed by atoms with van der Waals surface area (Å²) in [6, 6.07) is 9.30. The molecule has 31 heavy (non-hydrogen) atoms. The molecule has 164 valence electrons. The number of esters is 1. The van der Waals surface area contributed by atoms with Crippen LogP contribution >= 0.6 is 0 Å². The van der Waals surface area contributed by atoms with E-state index < -0.39 is 0 Å². The Bertz CT molecular complexity index is 958. The second-order valence-electron chi connectivity index (χ2n) is 10.8. The first kappa shape index (κ1) is 20.7. The first-order valence-electron chi connectivity index (χ1n) is 12.0. The Balaban J connectivity index is 1.36. The van der Waals surface area contributed by atoms with Crippen molar-refractivity contribution in [2.45, 2.75) is 71.8 Å². The van der Waals surface area contributed by atoms with Crippen molar-refractivity contribution in [1.82, 2.24) is 0 Å². The molecule has 0 aromatic heterocycles. The van der Waals surface area contributed by atoms with Crippen LogP contribution in [-0.4, -0.2) is 17.9 Å². The lowest BCUT2D eigenvalue weighted by atomic mass is 9.50. The summed E-state index contributed by atoms with van der Waals surface area (Å²) in [5.74, 6) is 1.51. The summed E-state index contributed by atoms with van der Waals surface area (Å²) < 4.78 is 5.90. The van der Waals surface area contributed by atoms with E-state index in [0.717, 1.165) is 38.5 Å². The van der Waals surface area contributed by atoms with Crippen molar-refractivity contribution in [1.29, 1.82) is 0 Å². The molecule has 0 spiro atoms. The fourth-order valence-corrected chi connectivity index (χ4v) is 7.53. The Morgan fingerprint density at radius 2 is 1.71 bits per heavy atom. The van der Waals surface area contributed by atoms with Crippen LogP contribution in [0.3, 0.4) is 0 Å². The molecule has 3 saturated carbocycles. The van der Waals surface area contributed by atoms with E-state index in [2.05, 4.69) is 26.0 Å². The van der Waals surface area contributed by atoms with E-state index in [9.17, 15) is 9.59 Å². The van der Waals surface area contributed by atoms with Crippen molar-refractivity contribution in [2.24, 2.45) is 28.6 Å². The molecule has 3 heteroatoms. The molecule has 1 aromatic carbocycles. The van der Waals surface area contributed by atoms with Crippen LogP contribution in [0.15, 0.2) is 53.6 Å².